The van der Waals surface area contributed by atoms with Crippen molar-refractivity contribution in [3.63, 3.8) is 0 Å². The maximum atomic E-state index is 13.1. The molecule has 1 saturated heterocycles. The summed E-state index contributed by atoms with van der Waals surface area (Å²) in [5, 5.41) is 2.43. The molecule has 0 aromatic heterocycles. The van der Waals surface area contributed by atoms with Gasteiger partial charge in [0.15, 0.2) is 0 Å². The number of nitrogens with one attached hydrogen (secondary N) is 1. The second kappa shape index (κ2) is 6.51. The van der Waals surface area contributed by atoms with E-state index in [9.17, 15) is 14.4 Å². The number of carbonyl (C=O) groups is 3. The van der Waals surface area contributed by atoms with Gasteiger partial charge in [-0.1, -0.05) is 42.5 Å². The van der Waals surface area contributed by atoms with Crippen LogP contribution in [0.15, 0.2) is 54.6 Å². The number of hydrogen-bond donors (Lipinski definition) is 1. The van der Waals surface area contributed by atoms with Crippen molar-refractivity contribution in [3.8, 4) is 5.75 Å². The third kappa shape index (κ3) is 2.77. The summed E-state index contributed by atoms with van der Waals surface area (Å²) >= 11 is 0. The van der Waals surface area contributed by atoms with Crippen molar-refractivity contribution < 1.29 is 19.1 Å². The van der Waals surface area contributed by atoms with Gasteiger partial charge in [-0.25, -0.2) is 4.79 Å². The topological polar surface area (TPSA) is 79.0 Å². The van der Waals surface area contributed by atoms with Crippen molar-refractivity contribution in [3.05, 3.63) is 60.2 Å². The van der Waals surface area contributed by atoms with Gasteiger partial charge in [0.1, 0.15) is 18.9 Å². The maximum Gasteiger partial charge on any atom is 0.325 e. The molecule has 2 aliphatic rings. The van der Waals surface area contributed by atoms with Crippen LogP contribution in [-0.2, 0) is 9.59 Å². The number of fused-ring (bicyclic) bond motifs is 1. The highest BCUT2D eigenvalue weighted by molar-refractivity contribution is 6.07. The van der Waals surface area contributed by atoms with Crippen LogP contribution in [0.4, 0.5) is 10.5 Å². The second-order valence-electron chi connectivity index (χ2n) is 6.11. The fourth-order valence-corrected chi connectivity index (χ4v) is 3.24. The minimum atomic E-state index is -0.541. The SMILES string of the molecule is O=C1CNC(=O)N1CC(=O)N1c2ccccc2OC[C@@H]1c1ccccc1. The first-order valence-corrected chi connectivity index (χ1v) is 8.32. The number of amides is 4. The Kier molecular flexibility index (Phi) is 4.04. The van der Waals surface area contributed by atoms with Gasteiger partial charge in [0.25, 0.3) is 5.91 Å². The molecule has 1 atom stereocenters. The number of hydrogen-bond acceptors (Lipinski definition) is 4. The van der Waals surface area contributed by atoms with Crippen LogP contribution in [0.2, 0.25) is 0 Å². The Balaban J connectivity index is 1.69. The molecular formula is C19H17N3O4. The van der Waals surface area contributed by atoms with Crippen molar-refractivity contribution in [2.75, 3.05) is 24.6 Å². The number of benzene rings is 2. The minimum Gasteiger partial charge on any atom is -0.489 e. The van der Waals surface area contributed by atoms with Gasteiger partial charge < -0.3 is 10.1 Å². The van der Waals surface area contributed by atoms with Crippen LogP contribution in [0.3, 0.4) is 0 Å². The largest absolute Gasteiger partial charge is 0.489 e. The molecule has 4 amide bonds. The van der Waals surface area contributed by atoms with E-state index in [1.807, 2.05) is 42.5 Å². The Hall–Kier alpha value is -3.35. The number of carbonyl (C=O) groups excluding carboxylic acids is 3. The molecule has 0 saturated carbocycles. The predicted molar refractivity (Wildman–Crippen MR) is 93.7 cm³/mol. The van der Waals surface area contributed by atoms with Crippen LogP contribution in [0.5, 0.6) is 5.75 Å². The van der Waals surface area contributed by atoms with E-state index in [-0.39, 0.29) is 25.0 Å². The fraction of sp³-hybridized carbons (Fsp3) is 0.211. The summed E-state index contributed by atoms with van der Waals surface area (Å²) < 4.78 is 5.83. The fourth-order valence-electron chi connectivity index (χ4n) is 3.24. The molecule has 1 N–H and O–H groups in total. The third-order valence-electron chi connectivity index (χ3n) is 4.52. The molecule has 2 aliphatic heterocycles. The highest BCUT2D eigenvalue weighted by Gasteiger charge is 2.37. The molecule has 2 aromatic rings. The van der Waals surface area contributed by atoms with Crippen molar-refractivity contribution in [2.45, 2.75) is 6.04 Å². The number of nitrogens with zero attached hydrogens (tertiary/aromatic N) is 2. The summed E-state index contributed by atoms with van der Waals surface area (Å²) in [6, 6.07) is 15.9. The van der Waals surface area contributed by atoms with Gasteiger partial charge in [0.2, 0.25) is 5.91 Å². The smallest absolute Gasteiger partial charge is 0.325 e. The molecule has 4 rings (SSSR count). The predicted octanol–water partition coefficient (Wildman–Crippen LogP) is 1.71. The van der Waals surface area contributed by atoms with Gasteiger partial charge >= 0.3 is 6.03 Å². The zero-order valence-electron chi connectivity index (χ0n) is 13.9. The average Bonchev–Trinajstić information content (AvgIpc) is 2.99. The van der Waals surface area contributed by atoms with Crippen LogP contribution in [0.1, 0.15) is 11.6 Å². The van der Waals surface area contributed by atoms with Crippen LogP contribution in [0, 0.1) is 0 Å². The van der Waals surface area contributed by atoms with Crippen molar-refractivity contribution in [1.82, 2.24) is 10.2 Å². The lowest BCUT2D eigenvalue weighted by Crippen LogP contribution is -2.47. The summed E-state index contributed by atoms with van der Waals surface area (Å²) in [5.41, 5.74) is 1.55. The lowest BCUT2D eigenvalue weighted by atomic mass is 10.0. The molecule has 7 nitrogen and oxygen atoms in total. The standard InChI is InChI=1S/C19H17N3O4/c23-17-10-20-19(25)21(17)11-18(24)22-14-8-4-5-9-16(14)26-12-15(22)13-6-2-1-3-7-13/h1-9,15H,10-12H2,(H,20,25)/t15-/m1/s1. The van der Waals surface area contributed by atoms with Crippen molar-refractivity contribution in [1.29, 1.82) is 0 Å². The maximum absolute atomic E-state index is 13.1. The van der Waals surface area contributed by atoms with Gasteiger partial charge in [-0.05, 0) is 17.7 Å². The number of para-hydroxylation sites is 2. The minimum absolute atomic E-state index is 0.0755. The summed E-state index contributed by atoms with van der Waals surface area (Å²) in [4.78, 5) is 39.3. The monoisotopic (exact) mass is 351 g/mol. The van der Waals surface area contributed by atoms with E-state index in [1.54, 1.807) is 17.0 Å². The van der Waals surface area contributed by atoms with E-state index in [1.165, 1.54) is 0 Å². The van der Waals surface area contributed by atoms with Gasteiger partial charge in [0, 0.05) is 0 Å². The van der Waals surface area contributed by atoms with Gasteiger partial charge in [0.05, 0.1) is 18.3 Å². The molecule has 0 aliphatic carbocycles. The van der Waals surface area contributed by atoms with E-state index < -0.39 is 11.9 Å². The molecule has 0 radical (unpaired) electrons. The Bertz CT molecular complexity index is 852. The molecule has 0 bridgehead atoms. The quantitative estimate of drug-likeness (QED) is 0.854. The summed E-state index contributed by atoms with van der Waals surface area (Å²) in [6.45, 7) is -0.0802. The number of rotatable bonds is 3. The van der Waals surface area contributed by atoms with E-state index in [0.717, 1.165) is 10.5 Å². The molecule has 0 spiro atoms. The Morgan fingerprint density at radius 1 is 1.08 bits per heavy atom. The first-order valence-electron chi connectivity index (χ1n) is 8.32. The molecule has 2 heterocycles. The molecule has 0 unspecified atom stereocenters. The Morgan fingerprint density at radius 2 is 1.81 bits per heavy atom. The highest BCUT2D eigenvalue weighted by atomic mass is 16.5. The number of ether oxygens (including phenoxy) is 1. The van der Waals surface area contributed by atoms with Gasteiger partial charge in [-0.15, -0.1) is 0 Å². The first-order chi connectivity index (χ1) is 12.6. The lowest BCUT2D eigenvalue weighted by molar-refractivity contribution is -0.129. The number of urea groups is 1. The number of anilines is 1. The highest BCUT2D eigenvalue weighted by Crippen LogP contribution is 2.39. The van der Waals surface area contributed by atoms with E-state index in [2.05, 4.69) is 5.32 Å². The molecule has 132 valence electrons. The van der Waals surface area contributed by atoms with Crippen molar-refractivity contribution >= 4 is 23.5 Å². The van der Waals surface area contributed by atoms with Crippen molar-refractivity contribution in [2.24, 2.45) is 0 Å². The first kappa shape index (κ1) is 16.1. The normalized spacial score (nSPS) is 19.0. The molecule has 7 heteroatoms. The summed E-state index contributed by atoms with van der Waals surface area (Å²) in [5.74, 6) is -0.133. The molecule has 26 heavy (non-hydrogen) atoms. The van der Waals surface area contributed by atoms with Crippen LogP contribution >= 0.6 is 0 Å². The number of imide groups is 1. The second-order valence-corrected chi connectivity index (χ2v) is 6.11. The molecule has 1 fully saturated rings. The Morgan fingerprint density at radius 3 is 2.54 bits per heavy atom. The molecule has 2 aromatic carbocycles. The third-order valence-corrected chi connectivity index (χ3v) is 4.52. The average molecular weight is 351 g/mol. The summed E-state index contributed by atoms with van der Waals surface area (Å²) in [6.07, 6.45) is 0. The van der Waals surface area contributed by atoms with E-state index in [0.29, 0.717) is 18.0 Å². The molecular weight excluding hydrogens is 334 g/mol. The lowest BCUT2D eigenvalue weighted by Gasteiger charge is -2.37. The Labute approximate surface area is 150 Å². The van der Waals surface area contributed by atoms with Crippen LogP contribution < -0.4 is 15.0 Å². The zero-order chi connectivity index (χ0) is 18.1. The van der Waals surface area contributed by atoms with Gasteiger partial charge in [-0.2, -0.15) is 0 Å². The zero-order valence-corrected chi connectivity index (χ0v) is 13.9. The van der Waals surface area contributed by atoms with E-state index >= 15 is 0 Å². The van der Waals surface area contributed by atoms with E-state index in [4.69, 9.17) is 4.74 Å². The van der Waals surface area contributed by atoms with Crippen LogP contribution in [0.25, 0.3) is 0 Å². The summed E-state index contributed by atoms with van der Waals surface area (Å²) in [7, 11) is 0. The van der Waals surface area contributed by atoms with Gasteiger partial charge in [-0.3, -0.25) is 19.4 Å². The van der Waals surface area contributed by atoms with Crippen LogP contribution in [-0.4, -0.2) is 42.4 Å².